The fraction of sp³-hybridized carbons (Fsp3) is 0.241. The lowest BCUT2D eigenvalue weighted by molar-refractivity contribution is 0.250. The summed E-state index contributed by atoms with van der Waals surface area (Å²) in [7, 11) is 3.92. The summed E-state index contributed by atoms with van der Waals surface area (Å²) in [4.78, 5) is 23.2. The van der Waals surface area contributed by atoms with Crippen molar-refractivity contribution in [1.82, 2.24) is 10.2 Å². The molecule has 1 heterocycles. The third-order valence-electron chi connectivity index (χ3n) is 5.21. The van der Waals surface area contributed by atoms with Crippen molar-refractivity contribution in [1.29, 1.82) is 5.41 Å². The number of nitrogens with zero attached hydrogens (tertiary/aromatic N) is 3. The van der Waals surface area contributed by atoms with E-state index < -0.39 is 0 Å². The van der Waals surface area contributed by atoms with Gasteiger partial charge in [-0.2, -0.15) is 0 Å². The van der Waals surface area contributed by atoms with Gasteiger partial charge in [0.25, 0.3) is 0 Å². The Hall–Kier alpha value is -4.50. The minimum absolute atomic E-state index is 0.245. The Bertz CT molecular complexity index is 1270. The van der Waals surface area contributed by atoms with Crippen molar-refractivity contribution in [2.24, 2.45) is 15.7 Å². The van der Waals surface area contributed by atoms with E-state index in [1.54, 1.807) is 6.07 Å². The Kier molecular flexibility index (Phi) is 12.2. The number of hydrogen-bond acceptors (Lipinski definition) is 7. The first-order chi connectivity index (χ1) is 18.4. The average Bonchev–Trinajstić information content (AvgIpc) is 3.08. The van der Waals surface area contributed by atoms with Gasteiger partial charge in [0.2, 0.25) is 0 Å². The molecule has 9 nitrogen and oxygen atoms in total. The molecular formula is C29H38N8O. The third-order valence-corrected chi connectivity index (χ3v) is 5.21. The van der Waals surface area contributed by atoms with E-state index >= 15 is 0 Å². The predicted octanol–water partition coefficient (Wildman–Crippen LogP) is 4.65. The van der Waals surface area contributed by atoms with E-state index in [1.807, 2.05) is 99.6 Å². The normalized spacial score (nSPS) is 11.7. The van der Waals surface area contributed by atoms with Gasteiger partial charge >= 0.3 is 6.03 Å². The number of fused-ring (bicyclic) bond motifs is 1. The van der Waals surface area contributed by atoms with Crippen LogP contribution < -0.4 is 22.1 Å². The molecule has 200 valence electrons. The Balaban J connectivity index is 0.000000387. The molecule has 4 rings (SSSR count). The number of nitrogens with one attached hydrogen (secondary N) is 3. The average molecular weight is 515 g/mol. The summed E-state index contributed by atoms with van der Waals surface area (Å²) < 4.78 is 0. The van der Waals surface area contributed by atoms with Gasteiger partial charge in [-0.3, -0.25) is 0 Å². The van der Waals surface area contributed by atoms with Crippen LogP contribution in [0.15, 0.2) is 82.8 Å². The van der Waals surface area contributed by atoms with Crippen LogP contribution in [-0.4, -0.2) is 56.0 Å². The molecule has 9 heteroatoms. The van der Waals surface area contributed by atoms with E-state index in [-0.39, 0.29) is 6.03 Å². The maximum absolute atomic E-state index is 12.0. The highest BCUT2D eigenvalue weighted by Crippen LogP contribution is 2.24. The van der Waals surface area contributed by atoms with Crippen molar-refractivity contribution in [2.45, 2.75) is 20.3 Å². The highest BCUT2D eigenvalue weighted by atomic mass is 16.2. The van der Waals surface area contributed by atoms with Crippen molar-refractivity contribution in [3.05, 3.63) is 89.5 Å². The molecule has 0 radical (unpaired) electrons. The lowest BCUT2D eigenvalue weighted by atomic mass is 10.1. The van der Waals surface area contributed by atoms with Crippen LogP contribution in [0.4, 0.5) is 21.9 Å². The summed E-state index contributed by atoms with van der Waals surface area (Å²) >= 11 is 0. The number of hydrogen-bond donors (Lipinski definition) is 5. The Morgan fingerprint density at radius 1 is 1.00 bits per heavy atom. The van der Waals surface area contributed by atoms with Crippen LogP contribution in [0, 0.1) is 5.41 Å². The molecule has 3 aromatic rings. The second kappa shape index (κ2) is 15.6. The molecule has 0 saturated carbocycles. The topological polar surface area (TPSA) is 145 Å². The molecule has 0 aromatic heterocycles. The van der Waals surface area contributed by atoms with Gasteiger partial charge in [-0.05, 0) is 43.9 Å². The highest BCUT2D eigenvalue weighted by molar-refractivity contribution is 6.09. The van der Waals surface area contributed by atoms with Gasteiger partial charge in [0.1, 0.15) is 5.84 Å². The predicted molar refractivity (Wildman–Crippen MR) is 160 cm³/mol. The molecule has 0 unspecified atom stereocenters. The van der Waals surface area contributed by atoms with Crippen molar-refractivity contribution in [2.75, 3.05) is 38.2 Å². The summed E-state index contributed by atoms with van der Waals surface area (Å²) in [6.07, 6.45) is 1.81. The van der Waals surface area contributed by atoms with Crippen LogP contribution >= 0.6 is 0 Å². The minimum Gasteiger partial charge on any atom is -0.398 e. The number of amides is 2. The lowest BCUT2D eigenvalue weighted by Gasteiger charge is -2.12. The SMILES string of the molecule is CC.CN(C)CCNC(=O)Nc1cccc(C2=Nc3ccccc3CC(N)=N2)c1.N=Cc1ccccc1N. The van der Waals surface area contributed by atoms with Crippen molar-refractivity contribution < 1.29 is 4.79 Å². The van der Waals surface area contributed by atoms with E-state index in [0.29, 0.717) is 36.0 Å². The van der Waals surface area contributed by atoms with Gasteiger partial charge in [-0.15, -0.1) is 0 Å². The first kappa shape index (κ1) is 29.7. The molecule has 0 aliphatic carbocycles. The van der Waals surface area contributed by atoms with E-state index in [2.05, 4.69) is 20.6 Å². The molecule has 1 aliphatic rings. The molecule has 3 aromatic carbocycles. The maximum atomic E-state index is 12.0. The molecule has 0 bridgehead atoms. The first-order valence-corrected chi connectivity index (χ1v) is 12.5. The Labute approximate surface area is 225 Å². The second-order valence-electron chi connectivity index (χ2n) is 8.38. The summed E-state index contributed by atoms with van der Waals surface area (Å²) in [6.45, 7) is 5.35. The largest absolute Gasteiger partial charge is 0.398 e. The van der Waals surface area contributed by atoms with Gasteiger partial charge in [-0.25, -0.2) is 14.8 Å². The van der Waals surface area contributed by atoms with Crippen molar-refractivity contribution >= 4 is 41.0 Å². The molecule has 1 aliphatic heterocycles. The molecule has 0 saturated heterocycles. The number of aliphatic imine (C=N–C) groups is 2. The van der Waals surface area contributed by atoms with Crippen LogP contribution in [0.5, 0.6) is 0 Å². The number of nitrogens with two attached hydrogens (primary N) is 2. The molecule has 0 fully saturated rings. The standard InChI is InChI=1S/C20H24N6O.C7H8N2.C2H6/c1-26(2)11-10-22-20(27)23-16-8-5-7-15(12-16)19-24-17-9-4-3-6-14(17)13-18(21)25-19;8-5-6-3-1-2-4-7(6)9;1-2/h3-9,12H,10-11,13H2,1-2H3,(H2,21,24,25)(H2,22,23,27);1-5,8H,9H2;1-2H3. The second-order valence-corrected chi connectivity index (χ2v) is 8.38. The lowest BCUT2D eigenvalue weighted by Crippen LogP contribution is -2.34. The van der Waals surface area contributed by atoms with Crippen LogP contribution in [0.25, 0.3) is 0 Å². The zero-order valence-corrected chi connectivity index (χ0v) is 22.5. The van der Waals surface area contributed by atoms with Gasteiger partial charge in [0.05, 0.1) is 5.69 Å². The van der Waals surface area contributed by atoms with E-state index in [1.165, 1.54) is 6.21 Å². The van der Waals surface area contributed by atoms with Gasteiger partial charge in [-0.1, -0.05) is 62.4 Å². The fourth-order valence-corrected chi connectivity index (χ4v) is 3.35. The summed E-state index contributed by atoms with van der Waals surface area (Å²) in [5, 5.41) is 12.5. The van der Waals surface area contributed by atoms with Crippen LogP contribution in [0.2, 0.25) is 0 Å². The number of carbonyl (C=O) groups excluding carboxylic acids is 1. The zero-order valence-electron chi connectivity index (χ0n) is 22.5. The third kappa shape index (κ3) is 9.51. The fourth-order valence-electron chi connectivity index (χ4n) is 3.35. The summed E-state index contributed by atoms with van der Waals surface area (Å²) in [5.74, 6) is 1.05. The number of benzene rings is 3. The Morgan fingerprint density at radius 3 is 2.39 bits per heavy atom. The van der Waals surface area contributed by atoms with Crippen LogP contribution in [0.3, 0.4) is 0 Å². The number of amidine groups is 2. The Morgan fingerprint density at radius 2 is 1.71 bits per heavy atom. The number of rotatable bonds is 6. The number of anilines is 2. The summed E-state index contributed by atoms with van der Waals surface area (Å²) in [5.41, 5.74) is 16.3. The summed E-state index contributed by atoms with van der Waals surface area (Å²) in [6, 6.07) is 22.3. The first-order valence-electron chi connectivity index (χ1n) is 12.5. The number of nitrogen functional groups attached to an aromatic ring is 1. The maximum Gasteiger partial charge on any atom is 0.319 e. The van der Waals surface area contributed by atoms with Crippen molar-refractivity contribution in [3.63, 3.8) is 0 Å². The quantitative estimate of drug-likeness (QED) is 0.241. The van der Waals surface area contributed by atoms with Gasteiger partial charge in [0.15, 0.2) is 5.84 Å². The zero-order chi connectivity index (χ0) is 27.9. The minimum atomic E-state index is -0.245. The molecular weight excluding hydrogens is 476 g/mol. The molecule has 38 heavy (non-hydrogen) atoms. The molecule has 0 spiro atoms. The van der Waals surface area contributed by atoms with E-state index in [0.717, 1.165) is 28.9 Å². The van der Waals surface area contributed by atoms with Crippen LogP contribution in [0.1, 0.15) is 30.5 Å². The number of urea groups is 1. The monoisotopic (exact) mass is 514 g/mol. The van der Waals surface area contributed by atoms with Crippen molar-refractivity contribution in [3.8, 4) is 0 Å². The molecule has 0 atom stereocenters. The smallest absolute Gasteiger partial charge is 0.319 e. The highest BCUT2D eigenvalue weighted by Gasteiger charge is 2.13. The number of carbonyl (C=O) groups is 1. The number of para-hydroxylation sites is 2. The van der Waals surface area contributed by atoms with Gasteiger partial charge < -0.3 is 32.4 Å². The number of likely N-dealkylation sites (N-methyl/N-ethyl adjacent to an activating group) is 1. The molecule has 7 N–H and O–H groups in total. The molecule has 2 amide bonds. The van der Waals surface area contributed by atoms with Gasteiger partial charge in [0, 0.05) is 48.2 Å². The van der Waals surface area contributed by atoms with Crippen LogP contribution in [-0.2, 0) is 6.42 Å². The van der Waals surface area contributed by atoms with E-state index in [4.69, 9.17) is 16.9 Å². The van der Waals surface area contributed by atoms with E-state index in [9.17, 15) is 4.79 Å².